The molecular formula is C17H24N2OS. The van der Waals surface area contributed by atoms with E-state index in [4.69, 9.17) is 22.7 Å². The smallest absolute Gasteiger partial charge is 0.119 e. The molecule has 1 aromatic rings. The van der Waals surface area contributed by atoms with Gasteiger partial charge in [0.25, 0.3) is 0 Å². The molecule has 1 aliphatic heterocycles. The van der Waals surface area contributed by atoms with Gasteiger partial charge in [-0.1, -0.05) is 30.8 Å². The lowest BCUT2D eigenvalue weighted by atomic mass is 10.0. The predicted molar refractivity (Wildman–Crippen MR) is 89.7 cm³/mol. The Labute approximate surface area is 132 Å². The van der Waals surface area contributed by atoms with Crippen LogP contribution in [0.1, 0.15) is 31.2 Å². The van der Waals surface area contributed by atoms with Gasteiger partial charge in [0, 0.05) is 25.2 Å². The quantitative estimate of drug-likeness (QED) is 0.648. The molecule has 2 unspecified atom stereocenters. The lowest BCUT2D eigenvalue weighted by molar-refractivity contribution is 0.253. The first-order chi connectivity index (χ1) is 10.2. The molecule has 114 valence electrons. The zero-order valence-corrected chi connectivity index (χ0v) is 13.3. The van der Waals surface area contributed by atoms with Crippen LogP contribution < -0.4 is 10.5 Å². The SMILES string of the molecule is NC(=S)c1cccc(OCCCN2CC3CCCC3C2)c1. The highest BCUT2D eigenvalue weighted by Crippen LogP contribution is 2.37. The summed E-state index contributed by atoms with van der Waals surface area (Å²) < 4.78 is 5.81. The van der Waals surface area contributed by atoms with Gasteiger partial charge in [0.2, 0.25) is 0 Å². The highest BCUT2D eigenvalue weighted by molar-refractivity contribution is 7.80. The Balaban J connectivity index is 1.38. The first-order valence-corrected chi connectivity index (χ1v) is 8.38. The molecule has 0 aromatic heterocycles. The Kier molecular flexibility index (Phi) is 4.76. The number of nitrogens with zero attached hydrogens (tertiary/aromatic N) is 1. The third kappa shape index (κ3) is 3.74. The van der Waals surface area contributed by atoms with Crippen LogP contribution in [0.15, 0.2) is 24.3 Å². The summed E-state index contributed by atoms with van der Waals surface area (Å²) in [7, 11) is 0. The van der Waals surface area contributed by atoms with Gasteiger partial charge in [-0.25, -0.2) is 0 Å². The fourth-order valence-corrected chi connectivity index (χ4v) is 3.86. The molecule has 1 aromatic carbocycles. The van der Waals surface area contributed by atoms with Gasteiger partial charge in [-0.05, 0) is 43.2 Å². The van der Waals surface area contributed by atoms with E-state index in [1.165, 1.54) is 32.4 Å². The predicted octanol–water partition coefficient (Wildman–Crippen LogP) is 2.82. The Bertz CT molecular complexity index is 493. The van der Waals surface area contributed by atoms with Gasteiger partial charge in [0.05, 0.1) is 6.61 Å². The van der Waals surface area contributed by atoms with Crippen molar-refractivity contribution in [1.29, 1.82) is 0 Å². The van der Waals surface area contributed by atoms with E-state index in [9.17, 15) is 0 Å². The first-order valence-electron chi connectivity index (χ1n) is 7.97. The van der Waals surface area contributed by atoms with E-state index < -0.39 is 0 Å². The molecule has 2 aliphatic rings. The summed E-state index contributed by atoms with van der Waals surface area (Å²) in [5, 5.41) is 0. The first kappa shape index (κ1) is 14.8. The molecule has 1 heterocycles. The average molecular weight is 304 g/mol. The zero-order chi connectivity index (χ0) is 14.7. The number of ether oxygens (including phenoxy) is 1. The molecule has 0 bridgehead atoms. The van der Waals surface area contributed by atoms with Crippen molar-refractivity contribution in [3.8, 4) is 5.75 Å². The summed E-state index contributed by atoms with van der Waals surface area (Å²) in [4.78, 5) is 3.03. The summed E-state index contributed by atoms with van der Waals surface area (Å²) in [5.41, 5.74) is 6.50. The van der Waals surface area contributed by atoms with Crippen LogP contribution in [0.2, 0.25) is 0 Å². The van der Waals surface area contributed by atoms with Crippen LogP contribution in [-0.4, -0.2) is 36.1 Å². The molecule has 1 aliphatic carbocycles. The van der Waals surface area contributed by atoms with Crippen molar-refractivity contribution in [3.63, 3.8) is 0 Å². The van der Waals surface area contributed by atoms with Crippen molar-refractivity contribution >= 4 is 17.2 Å². The van der Waals surface area contributed by atoms with Crippen LogP contribution in [0, 0.1) is 11.8 Å². The number of likely N-dealkylation sites (tertiary alicyclic amines) is 1. The maximum absolute atomic E-state index is 5.81. The number of thiocarbonyl (C=S) groups is 1. The van der Waals surface area contributed by atoms with Crippen molar-refractivity contribution in [2.75, 3.05) is 26.2 Å². The molecule has 3 rings (SSSR count). The van der Waals surface area contributed by atoms with E-state index >= 15 is 0 Å². The number of benzene rings is 1. The van der Waals surface area contributed by atoms with Crippen molar-refractivity contribution in [2.45, 2.75) is 25.7 Å². The Morgan fingerprint density at radius 1 is 1.29 bits per heavy atom. The van der Waals surface area contributed by atoms with Gasteiger partial charge in [-0.3, -0.25) is 0 Å². The van der Waals surface area contributed by atoms with Gasteiger partial charge in [0.1, 0.15) is 10.7 Å². The maximum atomic E-state index is 5.81. The molecule has 2 fully saturated rings. The summed E-state index contributed by atoms with van der Waals surface area (Å²) in [6, 6.07) is 7.73. The van der Waals surface area contributed by atoms with Crippen molar-refractivity contribution in [3.05, 3.63) is 29.8 Å². The number of rotatable bonds is 6. The molecule has 3 nitrogen and oxygen atoms in total. The molecule has 0 spiro atoms. The lowest BCUT2D eigenvalue weighted by Crippen LogP contribution is -2.24. The summed E-state index contributed by atoms with van der Waals surface area (Å²) in [6.45, 7) is 4.53. The second kappa shape index (κ2) is 6.75. The maximum Gasteiger partial charge on any atom is 0.119 e. The van der Waals surface area contributed by atoms with Crippen LogP contribution in [0.5, 0.6) is 5.75 Å². The van der Waals surface area contributed by atoms with Crippen LogP contribution in [0.3, 0.4) is 0 Å². The van der Waals surface area contributed by atoms with E-state index in [0.29, 0.717) is 4.99 Å². The number of nitrogens with two attached hydrogens (primary N) is 1. The van der Waals surface area contributed by atoms with E-state index in [2.05, 4.69) is 4.90 Å². The number of hydrogen-bond acceptors (Lipinski definition) is 3. The highest BCUT2D eigenvalue weighted by atomic mass is 32.1. The fraction of sp³-hybridized carbons (Fsp3) is 0.588. The minimum Gasteiger partial charge on any atom is -0.494 e. The molecule has 2 N–H and O–H groups in total. The summed E-state index contributed by atoms with van der Waals surface area (Å²) in [6.07, 6.45) is 5.43. The van der Waals surface area contributed by atoms with Crippen LogP contribution in [0.25, 0.3) is 0 Å². The third-order valence-corrected chi connectivity index (χ3v) is 5.04. The molecule has 2 atom stereocenters. The molecule has 0 radical (unpaired) electrons. The van der Waals surface area contributed by atoms with Gasteiger partial charge in [-0.2, -0.15) is 0 Å². The minimum atomic E-state index is 0.420. The Morgan fingerprint density at radius 3 is 2.76 bits per heavy atom. The molecule has 1 saturated carbocycles. The van der Waals surface area contributed by atoms with E-state index in [1.807, 2.05) is 24.3 Å². The van der Waals surface area contributed by atoms with Crippen LogP contribution >= 0.6 is 12.2 Å². The lowest BCUT2D eigenvalue weighted by Gasteiger charge is -2.16. The van der Waals surface area contributed by atoms with Gasteiger partial charge in [-0.15, -0.1) is 0 Å². The Hall–Kier alpha value is -1.13. The molecule has 1 saturated heterocycles. The van der Waals surface area contributed by atoms with Crippen LogP contribution in [0.4, 0.5) is 0 Å². The summed E-state index contributed by atoms with van der Waals surface area (Å²) in [5.74, 6) is 2.82. The van der Waals surface area contributed by atoms with Crippen LogP contribution in [-0.2, 0) is 0 Å². The second-order valence-corrected chi connectivity index (χ2v) is 6.74. The monoisotopic (exact) mass is 304 g/mol. The molecule has 21 heavy (non-hydrogen) atoms. The number of hydrogen-bond donors (Lipinski definition) is 1. The fourth-order valence-electron chi connectivity index (χ4n) is 3.73. The van der Waals surface area contributed by atoms with Gasteiger partial charge in [0.15, 0.2) is 0 Å². The third-order valence-electron chi connectivity index (χ3n) is 4.81. The van der Waals surface area contributed by atoms with Gasteiger partial charge >= 0.3 is 0 Å². The van der Waals surface area contributed by atoms with E-state index in [0.717, 1.165) is 42.7 Å². The van der Waals surface area contributed by atoms with Crippen molar-refractivity contribution in [2.24, 2.45) is 17.6 Å². The minimum absolute atomic E-state index is 0.420. The van der Waals surface area contributed by atoms with Crippen molar-refractivity contribution < 1.29 is 4.74 Å². The standard InChI is InChI=1S/C17H24N2OS/c18-17(21)13-4-2-7-16(10-13)20-9-3-8-19-11-14-5-1-6-15(14)12-19/h2,4,7,10,14-15H,1,3,5-6,8-9,11-12H2,(H2,18,21). The highest BCUT2D eigenvalue weighted by Gasteiger charge is 2.35. The van der Waals surface area contributed by atoms with E-state index in [-0.39, 0.29) is 0 Å². The molecular weight excluding hydrogens is 280 g/mol. The van der Waals surface area contributed by atoms with E-state index in [1.54, 1.807) is 0 Å². The number of fused-ring (bicyclic) bond motifs is 1. The van der Waals surface area contributed by atoms with Crippen molar-refractivity contribution in [1.82, 2.24) is 4.90 Å². The summed E-state index contributed by atoms with van der Waals surface area (Å²) >= 11 is 4.98. The topological polar surface area (TPSA) is 38.5 Å². The van der Waals surface area contributed by atoms with Gasteiger partial charge < -0.3 is 15.4 Å². The zero-order valence-electron chi connectivity index (χ0n) is 12.5. The Morgan fingerprint density at radius 2 is 2.05 bits per heavy atom. The normalized spacial score (nSPS) is 25.0. The molecule has 0 amide bonds. The largest absolute Gasteiger partial charge is 0.494 e. The second-order valence-electron chi connectivity index (χ2n) is 6.30. The average Bonchev–Trinajstić information content (AvgIpc) is 3.05. The molecule has 4 heteroatoms.